The number of halogens is 1. The van der Waals surface area contributed by atoms with Gasteiger partial charge in [0.2, 0.25) is 0 Å². The van der Waals surface area contributed by atoms with Crippen LogP contribution >= 0.6 is 11.6 Å². The summed E-state index contributed by atoms with van der Waals surface area (Å²) >= 11 is 5.92. The van der Waals surface area contributed by atoms with Gasteiger partial charge in [-0.2, -0.15) is 0 Å². The molecule has 17 heavy (non-hydrogen) atoms. The molecule has 1 unspecified atom stereocenters. The van der Waals surface area contributed by atoms with E-state index in [4.69, 9.17) is 16.3 Å². The van der Waals surface area contributed by atoms with Crippen molar-refractivity contribution in [2.24, 2.45) is 0 Å². The van der Waals surface area contributed by atoms with Crippen LogP contribution in [0, 0.1) is 6.92 Å². The summed E-state index contributed by atoms with van der Waals surface area (Å²) in [6.07, 6.45) is -0.705. The Morgan fingerprint density at radius 1 is 1.59 bits per heavy atom. The molecule has 0 saturated heterocycles. The predicted octanol–water partition coefficient (Wildman–Crippen LogP) is 1.39. The number of benzene rings is 1. The lowest BCUT2D eigenvalue weighted by molar-refractivity contribution is 0.0609. The summed E-state index contributed by atoms with van der Waals surface area (Å²) in [5.74, 6) is -0.250. The topological polar surface area (TPSA) is 58.6 Å². The van der Waals surface area contributed by atoms with Crippen LogP contribution < -0.4 is 5.32 Å². The molecule has 4 nitrogen and oxygen atoms in total. The van der Waals surface area contributed by atoms with E-state index in [2.05, 4.69) is 5.32 Å². The van der Waals surface area contributed by atoms with Gasteiger partial charge in [0.15, 0.2) is 0 Å². The summed E-state index contributed by atoms with van der Waals surface area (Å²) in [5.41, 5.74) is 1.25. The Bertz CT molecular complexity index is 395. The third kappa shape index (κ3) is 4.00. The van der Waals surface area contributed by atoms with E-state index in [1.165, 1.54) is 7.11 Å². The molecule has 0 saturated carbocycles. The Morgan fingerprint density at radius 2 is 2.29 bits per heavy atom. The van der Waals surface area contributed by atoms with Crippen molar-refractivity contribution in [2.75, 3.05) is 20.3 Å². The number of hydrogen-bond acceptors (Lipinski definition) is 3. The molecule has 1 rings (SSSR count). The summed E-state index contributed by atoms with van der Waals surface area (Å²) < 4.78 is 4.76. The smallest absolute Gasteiger partial charge is 0.251 e. The predicted molar refractivity (Wildman–Crippen MR) is 66.4 cm³/mol. The Kier molecular flexibility index (Phi) is 5.41. The summed E-state index contributed by atoms with van der Waals surface area (Å²) in [4.78, 5) is 11.8. The number of nitrogens with one attached hydrogen (secondary N) is 1. The van der Waals surface area contributed by atoms with Gasteiger partial charge in [-0.25, -0.2) is 0 Å². The molecule has 0 bridgehead atoms. The molecule has 2 N–H and O–H groups in total. The van der Waals surface area contributed by atoms with Crippen LogP contribution in [-0.4, -0.2) is 37.4 Å². The number of aliphatic hydroxyl groups excluding tert-OH is 1. The number of methoxy groups -OCH3 is 1. The standard InChI is InChI=1S/C12H16ClNO3/c1-8-10(4-3-5-11(8)13)12(16)14-6-9(15)7-17-2/h3-5,9,15H,6-7H2,1-2H3,(H,14,16). The van der Waals surface area contributed by atoms with Gasteiger partial charge in [0.1, 0.15) is 0 Å². The van der Waals surface area contributed by atoms with Crippen molar-refractivity contribution in [2.45, 2.75) is 13.0 Å². The van der Waals surface area contributed by atoms with Gasteiger partial charge in [-0.1, -0.05) is 17.7 Å². The number of amides is 1. The lowest BCUT2D eigenvalue weighted by Crippen LogP contribution is -2.34. The number of carbonyl (C=O) groups excluding carboxylic acids is 1. The zero-order valence-corrected chi connectivity index (χ0v) is 10.6. The second-order valence-corrected chi connectivity index (χ2v) is 4.14. The first-order valence-electron chi connectivity index (χ1n) is 5.26. The van der Waals surface area contributed by atoms with Gasteiger partial charge in [0.05, 0.1) is 12.7 Å². The maximum Gasteiger partial charge on any atom is 0.251 e. The summed E-state index contributed by atoms with van der Waals surface area (Å²) in [6.45, 7) is 2.12. The molecule has 0 aromatic heterocycles. The normalized spacial score (nSPS) is 12.2. The minimum Gasteiger partial charge on any atom is -0.389 e. The van der Waals surface area contributed by atoms with E-state index < -0.39 is 6.10 Å². The van der Waals surface area contributed by atoms with Crippen LogP contribution in [0.25, 0.3) is 0 Å². The molecule has 0 spiro atoms. The quantitative estimate of drug-likeness (QED) is 0.838. The maximum absolute atomic E-state index is 11.8. The first-order chi connectivity index (χ1) is 8.06. The van der Waals surface area contributed by atoms with Gasteiger partial charge in [0.25, 0.3) is 5.91 Å². The first kappa shape index (κ1) is 14.0. The van der Waals surface area contributed by atoms with E-state index in [-0.39, 0.29) is 19.1 Å². The lowest BCUT2D eigenvalue weighted by atomic mass is 10.1. The van der Waals surface area contributed by atoms with Gasteiger partial charge in [-0.3, -0.25) is 4.79 Å². The maximum atomic E-state index is 11.8. The Morgan fingerprint density at radius 3 is 2.94 bits per heavy atom. The zero-order valence-electron chi connectivity index (χ0n) is 9.87. The summed E-state index contributed by atoms with van der Waals surface area (Å²) in [7, 11) is 1.49. The van der Waals surface area contributed by atoms with Crippen LogP contribution in [0.4, 0.5) is 0 Å². The lowest BCUT2D eigenvalue weighted by Gasteiger charge is -2.12. The van der Waals surface area contributed by atoms with Gasteiger partial charge in [0, 0.05) is 24.2 Å². The van der Waals surface area contributed by atoms with E-state index in [0.29, 0.717) is 10.6 Å². The molecule has 5 heteroatoms. The largest absolute Gasteiger partial charge is 0.389 e. The van der Waals surface area contributed by atoms with Crippen LogP contribution in [0.15, 0.2) is 18.2 Å². The Balaban J connectivity index is 2.61. The molecule has 0 aliphatic rings. The Labute approximate surface area is 106 Å². The third-order valence-electron chi connectivity index (χ3n) is 2.37. The minimum atomic E-state index is -0.705. The molecule has 0 fully saturated rings. The van der Waals surface area contributed by atoms with Crippen molar-refractivity contribution in [1.82, 2.24) is 5.32 Å². The molecule has 1 atom stereocenters. The van der Waals surface area contributed by atoms with Crippen LogP contribution in [0.5, 0.6) is 0 Å². The Hall–Kier alpha value is -1.10. The molecule has 0 radical (unpaired) electrons. The van der Waals surface area contributed by atoms with E-state index >= 15 is 0 Å². The molecule has 0 heterocycles. The average molecular weight is 258 g/mol. The fourth-order valence-corrected chi connectivity index (χ4v) is 1.59. The van der Waals surface area contributed by atoms with Crippen molar-refractivity contribution < 1.29 is 14.6 Å². The fraction of sp³-hybridized carbons (Fsp3) is 0.417. The minimum absolute atomic E-state index is 0.151. The van der Waals surface area contributed by atoms with Crippen molar-refractivity contribution in [3.63, 3.8) is 0 Å². The summed E-state index contributed by atoms with van der Waals surface area (Å²) in [6, 6.07) is 5.14. The molecule has 1 amide bonds. The monoisotopic (exact) mass is 257 g/mol. The number of ether oxygens (including phenoxy) is 1. The van der Waals surface area contributed by atoms with Crippen molar-refractivity contribution >= 4 is 17.5 Å². The van der Waals surface area contributed by atoms with Crippen LogP contribution in [0.3, 0.4) is 0 Å². The number of aliphatic hydroxyl groups is 1. The van der Waals surface area contributed by atoms with Gasteiger partial charge < -0.3 is 15.2 Å². The van der Waals surface area contributed by atoms with E-state index in [0.717, 1.165) is 5.56 Å². The average Bonchev–Trinajstić information content (AvgIpc) is 2.30. The van der Waals surface area contributed by atoms with E-state index in [1.54, 1.807) is 25.1 Å². The second-order valence-electron chi connectivity index (χ2n) is 3.73. The molecule has 1 aromatic rings. The highest BCUT2D eigenvalue weighted by Crippen LogP contribution is 2.18. The highest BCUT2D eigenvalue weighted by atomic mass is 35.5. The highest BCUT2D eigenvalue weighted by Gasteiger charge is 2.12. The number of hydrogen-bond donors (Lipinski definition) is 2. The first-order valence-corrected chi connectivity index (χ1v) is 5.64. The van der Waals surface area contributed by atoms with Crippen LogP contribution in [0.1, 0.15) is 15.9 Å². The molecule has 1 aromatic carbocycles. The highest BCUT2D eigenvalue weighted by molar-refractivity contribution is 6.31. The molecular weight excluding hydrogens is 242 g/mol. The summed E-state index contributed by atoms with van der Waals surface area (Å²) in [5, 5.41) is 12.6. The van der Waals surface area contributed by atoms with Gasteiger partial charge >= 0.3 is 0 Å². The fourth-order valence-electron chi connectivity index (χ4n) is 1.41. The van der Waals surface area contributed by atoms with E-state index in [1.807, 2.05) is 0 Å². The zero-order chi connectivity index (χ0) is 12.8. The van der Waals surface area contributed by atoms with Crippen molar-refractivity contribution in [1.29, 1.82) is 0 Å². The van der Waals surface area contributed by atoms with Crippen LogP contribution in [0.2, 0.25) is 5.02 Å². The van der Waals surface area contributed by atoms with E-state index in [9.17, 15) is 9.90 Å². The van der Waals surface area contributed by atoms with Gasteiger partial charge in [-0.15, -0.1) is 0 Å². The second kappa shape index (κ2) is 6.59. The molecule has 0 aliphatic heterocycles. The molecule has 0 aliphatic carbocycles. The van der Waals surface area contributed by atoms with Gasteiger partial charge in [-0.05, 0) is 24.6 Å². The third-order valence-corrected chi connectivity index (χ3v) is 2.78. The number of carbonyl (C=O) groups is 1. The SMILES string of the molecule is COCC(O)CNC(=O)c1cccc(Cl)c1C. The number of rotatable bonds is 5. The molecular formula is C12H16ClNO3. The van der Waals surface area contributed by atoms with Crippen molar-refractivity contribution in [3.8, 4) is 0 Å². The van der Waals surface area contributed by atoms with Crippen LogP contribution in [-0.2, 0) is 4.74 Å². The molecule has 94 valence electrons. The van der Waals surface area contributed by atoms with Crippen molar-refractivity contribution in [3.05, 3.63) is 34.3 Å².